The van der Waals surface area contributed by atoms with Gasteiger partial charge in [0.2, 0.25) is 0 Å². The highest BCUT2D eigenvalue weighted by atomic mass is 16.3. The zero-order chi connectivity index (χ0) is 13.4. The maximum atomic E-state index is 11.3. The Balaban J connectivity index is 2.23. The van der Waals surface area contributed by atoms with Crippen molar-refractivity contribution in [1.82, 2.24) is 10.6 Å². The highest BCUT2D eigenvalue weighted by Crippen LogP contribution is 1.97. The van der Waals surface area contributed by atoms with Crippen molar-refractivity contribution in [2.45, 2.75) is 19.4 Å². The van der Waals surface area contributed by atoms with Crippen molar-refractivity contribution in [3.8, 4) is 0 Å². The van der Waals surface area contributed by atoms with E-state index in [0.29, 0.717) is 13.0 Å². The fourth-order valence-electron chi connectivity index (χ4n) is 1.37. The molecule has 0 saturated heterocycles. The van der Waals surface area contributed by atoms with Gasteiger partial charge in [0.05, 0.1) is 6.10 Å². The molecule has 0 spiro atoms. The summed E-state index contributed by atoms with van der Waals surface area (Å²) in [7, 11) is 0. The van der Waals surface area contributed by atoms with E-state index >= 15 is 0 Å². The molecule has 5 heteroatoms. The number of aliphatic hydroxyl groups excluding tert-OH is 1. The first-order valence-electron chi connectivity index (χ1n) is 5.87. The molecule has 0 aliphatic carbocycles. The summed E-state index contributed by atoms with van der Waals surface area (Å²) >= 11 is 0. The molecule has 2 amide bonds. The molecule has 0 aliphatic rings. The van der Waals surface area contributed by atoms with Crippen LogP contribution in [-0.4, -0.2) is 36.1 Å². The molecule has 1 rings (SSSR count). The van der Waals surface area contributed by atoms with Crippen LogP contribution in [-0.2, 0) is 16.0 Å². The Bertz CT molecular complexity index is 390. The van der Waals surface area contributed by atoms with Crippen LogP contribution in [0.1, 0.15) is 12.5 Å². The van der Waals surface area contributed by atoms with Gasteiger partial charge < -0.3 is 15.7 Å². The number of aliphatic hydroxyl groups is 1. The van der Waals surface area contributed by atoms with Gasteiger partial charge in [-0.25, -0.2) is 0 Å². The van der Waals surface area contributed by atoms with Crippen LogP contribution >= 0.6 is 0 Å². The number of nitrogens with one attached hydrogen (secondary N) is 2. The topological polar surface area (TPSA) is 78.4 Å². The van der Waals surface area contributed by atoms with Gasteiger partial charge in [-0.3, -0.25) is 9.59 Å². The number of hydrogen-bond acceptors (Lipinski definition) is 3. The lowest BCUT2D eigenvalue weighted by molar-refractivity contribution is -0.139. The lowest BCUT2D eigenvalue weighted by atomic mass is 10.1. The minimum Gasteiger partial charge on any atom is -0.392 e. The van der Waals surface area contributed by atoms with E-state index in [4.69, 9.17) is 5.11 Å². The van der Waals surface area contributed by atoms with E-state index in [1.807, 2.05) is 30.3 Å². The van der Waals surface area contributed by atoms with Gasteiger partial charge in [-0.15, -0.1) is 0 Å². The predicted molar refractivity (Wildman–Crippen MR) is 67.8 cm³/mol. The third-order valence-electron chi connectivity index (χ3n) is 2.31. The Hall–Kier alpha value is -1.88. The maximum absolute atomic E-state index is 11.3. The fourth-order valence-corrected chi connectivity index (χ4v) is 1.37. The summed E-state index contributed by atoms with van der Waals surface area (Å²) in [5, 5.41) is 13.8. The van der Waals surface area contributed by atoms with Gasteiger partial charge in [-0.05, 0) is 18.9 Å². The average Bonchev–Trinajstić information content (AvgIpc) is 2.37. The monoisotopic (exact) mass is 250 g/mol. The molecule has 5 nitrogen and oxygen atoms in total. The fraction of sp³-hybridized carbons (Fsp3) is 0.385. The number of hydrogen-bond donors (Lipinski definition) is 3. The third kappa shape index (κ3) is 5.45. The Kier molecular flexibility index (Phi) is 5.87. The second kappa shape index (κ2) is 7.45. The maximum Gasteiger partial charge on any atom is 0.309 e. The molecule has 0 heterocycles. The van der Waals surface area contributed by atoms with Crippen LogP contribution in [0.25, 0.3) is 0 Å². The normalized spacial score (nSPS) is 11.7. The highest BCUT2D eigenvalue weighted by molar-refractivity contribution is 6.35. The van der Waals surface area contributed by atoms with Crippen molar-refractivity contribution in [1.29, 1.82) is 0 Å². The lowest BCUT2D eigenvalue weighted by Crippen LogP contribution is -2.42. The molecule has 18 heavy (non-hydrogen) atoms. The van der Waals surface area contributed by atoms with E-state index in [2.05, 4.69) is 10.6 Å². The van der Waals surface area contributed by atoms with Crippen molar-refractivity contribution >= 4 is 11.8 Å². The van der Waals surface area contributed by atoms with Crippen LogP contribution in [0.4, 0.5) is 0 Å². The van der Waals surface area contributed by atoms with Crippen LogP contribution in [0.5, 0.6) is 0 Å². The van der Waals surface area contributed by atoms with Crippen LogP contribution in [0, 0.1) is 0 Å². The highest BCUT2D eigenvalue weighted by Gasteiger charge is 2.12. The van der Waals surface area contributed by atoms with Gasteiger partial charge in [-0.2, -0.15) is 0 Å². The van der Waals surface area contributed by atoms with E-state index in [0.717, 1.165) is 5.56 Å². The number of rotatable bonds is 5. The van der Waals surface area contributed by atoms with E-state index in [9.17, 15) is 9.59 Å². The van der Waals surface area contributed by atoms with Crippen LogP contribution in [0.3, 0.4) is 0 Å². The van der Waals surface area contributed by atoms with Crippen molar-refractivity contribution in [2.24, 2.45) is 0 Å². The Morgan fingerprint density at radius 3 is 2.39 bits per heavy atom. The average molecular weight is 250 g/mol. The van der Waals surface area contributed by atoms with E-state index < -0.39 is 17.9 Å². The van der Waals surface area contributed by atoms with E-state index in [1.54, 1.807) is 0 Å². The van der Waals surface area contributed by atoms with Gasteiger partial charge in [-0.1, -0.05) is 30.3 Å². The largest absolute Gasteiger partial charge is 0.392 e. The molecule has 0 aliphatic heterocycles. The predicted octanol–water partition coefficient (Wildman–Crippen LogP) is -0.158. The number of amides is 2. The minimum absolute atomic E-state index is 0.0743. The first kappa shape index (κ1) is 14.2. The molecule has 1 aromatic carbocycles. The smallest absolute Gasteiger partial charge is 0.309 e. The molecule has 0 saturated carbocycles. The number of carbonyl (C=O) groups is 2. The summed E-state index contributed by atoms with van der Waals surface area (Å²) < 4.78 is 0. The molecule has 98 valence electrons. The summed E-state index contributed by atoms with van der Waals surface area (Å²) in [5.41, 5.74) is 1.10. The summed E-state index contributed by atoms with van der Waals surface area (Å²) in [5.74, 6) is -1.39. The first-order chi connectivity index (χ1) is 8.59. The van der Waals surface area contributed by atoms with Crippen LogP contribution in [0.2, 0.25) is 0 Å². The van der Waals surface area contributed by atoms with Crippen molar-refractivity contribution in [3.63, 3.8) is 0 Å². The summed E-state index contributed by atoms with van der Waals surface area (Å²) in [6.07, 6.45) is 0.0158. The Morgan fingerprint density at radius 2 is 1.78 bits per heavy atom. The van der Waals surface area contributed by atoms with Gasteiger partial charge in [0, 0.05) is 13.1 Å². The molecule has 0 radical (unpaired) electrons. The number of carbonyl (C=O) groups excluding carboxylic acids is 2. The molecule has 0 bridgehead atoms. The van der Waals surface area contributed by atoms with Gasteiger partial charge in [0.25, 0.3) is 0 Å². The molecule has 1 aromatic rings. The first-order valence-corrected chi connectivity index (χ1v) is 5.87. The molecule has 0 aromatic heterocycles. The molecule has 1 atom stereocenters. The van der Waals surface area contributed by atoms with Crippen molar-refractivity contribution in [3.05, 3.63) is 35.9 Å². The van der Waals surface area contributed by atoms with E-state index in [1.165, 1.54) is 6.92 Å². The van der Waals surface area contributed by atoms with Gasteiger partial charge in [0.1, 0.15) is 0 Å². The van der Waals surface area contributed by atoms with Crippen LogP contribution < -0.4 is 10.6 Å². The standard InChI is InChI=1S/C13H18N2O3/c1-10(16)9-15-13(18)12(17)14-8-7-11-5-3-2-4-6-11/h2-6,10,16H,7-9H2,1H3,(H,14,17)(H,15,18)/t10-/m1/s1. The van der Waals surface area contributed by atoms with Crippen molar-refractivity contribution < 1.29 is 14.7 Å². The van der Waals surface area contributed by atoms with Gasteiger partial charge >= 0.3 is 11.8 Å². The third-order valence-corrected chi connectivity index (χ3v) is 2.31. The zero-order valence-electron chi connectivity index (χ0n) is 10.3. The molecule has 0 unspecified atom stereocenters. The van der Waals surface area contributed by atoms with Crippen LogP contribution in [0.15, 0.2) is 30.3 Å². The molecular formula is C13H18N2O3. The Morgan fingerprint density at radius 1 is 1.17 bits per heavy atom. The van der Waals surface area contributed by atoms with Crippen molar-refractivity contribution in [2.75, 3.05) is 13.1 Å². The molecule has 0 fully saturated rings. The molecule has 3 N–H and O–H groups in total. The van der Waals surface area contributed by atoms with E-state index in [-0.39, 0.29) is 6.54 Å². The summed E-state index contributed by atoms with van der Waals surface area (Å²) in [6, 6.07) is 9.68. The molecular weight excluding hydrogens is 232 g/mol. The zero-order valence-corrected chi connectivity index (χ0v) is 10.3. The minimum atomic E-state index is -0.719. The number of benzene rings is 1. The summed E-state index contributed by atoms with van der Waals surface area (Å²) in [6.45, 7) is 2.02. The second-order valence-corrected chi connectivity index (χ2v) is 4.05. The Labute approximate surface area is 106 Å². The SMILES string of the molecule is C[C@@H](O)CNC(=O)C(=O)NCCc1ccccc1. The van der Waals surface area contributed by atoms with Gasteiger partial charge in [0.15, 0.2) is 0 Å². The lowest BCUT2D eigenvalue weighted by Gasteiger charge is -2.07. The summed E-state index contributed by atoms with van der Waals surface area (Å²) in [4.78, 5) is 22.6. The quantitative estimate of drug-likeness (QED) is 0.636. The second-order valence-electron chi connectivity index (χ2n) is 4.05.